The Labute approximate surface area is 380 Å². The van der Waals surface area contributed by atoms with Crippen molar-refractivity contribution < 1.29 is 78.4 Å². The molecule has 2 rings (SSSR count). The number of hydrogen-bond donors (Lipinski definition) is 9. The fourth-order valence-corrected chi connectivity index (χ4v) is 8.70. The molecule has 0 saturated heterocycles. The highest BCUT2D eigenvalue weighted by atomic mass is 31.2. The molecule has 0 aromatic heterocycles. The number of fused-ring (bicyclic) bond motifs is 4. The molecule has 0 aromatic carbocycles. The van der Waals surface area contributed by atoms with Gasteiger partial charge in [-0.25, -0.2) is 4.57 Å². The summed E-state index contributed by atoms with van der Waals surface area (Å²) in [7, 11) is -5.45. The maximum atomic E-state index is 13.5. The molecule has 2 bridgehead atoms. The molecule has 0 spiro atoms. The minimum absolute atomic E-state index is 0.0139. The van der Waals surface area contributed by atoms with E-state index in [2.05, 4.69) is 31.2 Å². The number of rotatable bonds is 21. The van der Waals surface area contributed by atoms with E-state index in [1.165, 1.54) is 31.4 Å². The largest absolute Gasteiger partial charge is 0.472 e. The first kappa shape index (κ1) is 57.8. The lowest BCUT2D eigenvalue weighted by Crippen LogP contribution is -2.55. The first-order valence-corrected chi connectivity index (χ1v) is 25.2. The molecule has 0 aromatic rings. The van der Waals surface area contributed by atoms with E-state index < -0.39 is 112 Å². The van der Waals surface area contributed by atoms with E-state index in [9.17, 15) is 59.9 Å². The Hall–Kier alpha value is -2.31. The number of aliphatic hydroxyl groups excluding tert-OH is 8. The molecule has 0 amide bonds. The second kappa shape index (κ2) is 33.2. The summed E-state index contributed by atoms with van der Waals surface area (Å²) in [5, 5.41) is 90.1. The maximum absolute atomic E-state index is 13.5. The van der Waals surface area contributed by atoms with Gasteiger partial charge in [-0.05, 0) is 64.2 Å². The van der Waals surface area contributed by atoms with Gasteiger partial charge in [-0.2, -0.15) is 0 Å². The topological polar surface area (TPSA) is 270 Å². The fourth-order valence-electron chi connectivity index (χ4n) is 7.72. The van der Waals surface area contributed by atoms with Crippen LogP contribution >= 0.6 is 7.82 Å². The van der Waals surface area contributed by atoms with Crippen LogP contribution < -0.4 is 0 Å². The Morgan fingerprint density at radius 2 is 1.44 bits per heavy atom. The van der Waals surface area contributed by atoms with Gasteiger partial charge < -0.3 is 55.2 Å². The van der Waals surface area contributed by atoms with Crippen molar-refractivity contribution in [3.8, 4) is 0 Å². The molecule has 1 unspecified atom stereocenters. The molecule has 1 heterocycles. The van der Waals surface area contributed by atoms with Gasteiger partial charge in [-0.3, -0.25) is 18.6 Å². The molecular formula is C47H81O16P. The summed E-state index contributed by atoms with van der Waals surface area (Å²) in [6, 6.07) is 0. The van der Waals surface area contributed by atoms with Crippen LogP contribution in [0.15, 0.2) is 48.6 Å². The molecule has 16 nitrogen and oxygen atoms in total. The lowest BCUT2D eigenvalue weighted by molar-refractivity contribution is -0.167. The average molecular weight is 933 g/mol. The van der Waals surface area contributed by atoms with Gasteiger partial charge in [0, 0.05) is 31.1 Å². The van der Waals surface area contributed by atoms with Crippen LogP contribution in [0.4, 0.5) is 0 Å². The molecular weight excluding hydrogens is 851 g/mol. The summed E-state index contributed by atoms with van der Waals surface area (Å²) >= 11 is 0. The van der Waals surface area contributed by atoms with Crippen molar-refractivity contribution in [3.05, 3.63) is 48.6 Å². The zero-order valence-corrected chi connectivity index (χ0v) is 39.0. The van der Waals surface area contributed by atoms with Crippen LogP contribution in [0.5, 0.6) is 0 Å². The minimum atomic E-state index is -5.45. The summed E-state index contributed by atoms with van der Waals surface area (Å²) < 4.78 is 34.7. The van der Waals surface area contributed by atoms with Gasteiger partial charge in [0.1, 0.15) is 31.0 Å². The summed E-state index contributed by atoms with van der Waals surface area (Å²) in [6.07, 6.45) is 9.15. The molecule has 1 aliphatic carbocycles. The Balaban J connectivity index is 2.22. The third-order valence-electron chi connectivity index (χ3n) is 11.7. The Morgan fingerprint density at radius 3 is 2.14 bits per heavy atom. The predicted octanol–water partition coefficient (Wildman–Crippen LogP) is 5.55. The van der Waals surface area contributed by atoms with Crippen LogP contribution in [-0.4, -0.2) is 132 Å². The van der Waals surface area contributed by atoms with Crippen molar-refractivity contribution in [2.24, 2.45) is 11.8 Å². The number of aliphatic hydroxyl groups is 8. The van der Waals surface area contributed by atoms with Crippen molar-refractivity contribution >= 4 is 19.8 Å². The second-order valence-electron chi connectivity index (χ2n) is 17.2. The number of hydrogen-bond acceptors (Lipinski definition) is 15. The number of cyclic esters (lactones) is 1. The van der Waals surface area contributed by atoms with Crippen LogP contribution in [0.1, 0.15) is 149 Å². The maximum Gasteiger partial charge on any atom is 0.472 e. The van der Waals surface area contributed by atoms with E-state index in [1.807, 2.05) is 6.92 Å². The zero-order valence-electron chi connectivity index (χ0n) is 38.1. The quantitative estimate of drug-likeness (QED) is 0.0296. The van der Waals surface area contributed by atoms with Crippen molar-refractivity contribution in [2.75, 3.05) is 13.2 Å². The number of allylic oxidation sites excluding steroid dienone is 6. The van der Waals surface area contributed by atoms with Crippen molar-refractivity contribution in [1.29, 1.82) is 0 Å². The van der Waals surface area contributed by atoms with E-state index >= 15 is 0 Å². The Bertz CT molecular complexity index is 1440. The van der Waals surface area contributed by atoms with E-state index in [4.69, 9.17) is 18.5 Å². The van der Waals surface area contributed by atoms with Crippen LogP contribution in [0, 0.1) is 11.8 Å². The van der Waals surface area contributed by atoms with Gasteiger partial charge in [0.25, 0.3) is 0 Å². The molecule has 370 valence electrons. The standard InChI is InChI=1S/C47H81O16P/c1-3-5-7-8-9-10-11-12-13-14-15-16-17-18-24-28-41(52)62-35-32-60-40(51)27-23-20-19-22-26-36-38(49)31-39(50)37(30-29-34(48)25-21-6-4-2)43(54)45(56)47(46(57)44(55)42(36)53)63-64(58,59)61-33-35/h9-10,12-13,19,22,29-30,34-39,42-50,53-57H,3-8,11,14-18,20-21,23-28,31-33H2,1-2H3,(H,58,59)/b10-9-,13-12-,22-19+,30-29+/t34-,35+,36-,37-,38-,39+,42+,43+,44-,45+,46+,47+/m0/s1. The van der Waals surface area contributed by atoms with Crippen molar-refractivity contribution in [2.45, 2.75) is 210 Å². The van der Waals surface area contributed by atoms with Gasteiger partial charge in [-0.15, -0.1) is 0 Å². The molecule has 2 aliphatic rings. The zero-order chi connectivity index (χ0) is 47.3. The predicted molar refractivity (Wildman–Crippen MR) is 241 cm³/mol. The number of phosphoric acid groups is 1. The molecule has 1 aliphatic heterocycles. The highest BCUT2D eigenvalue weighted by Gasteiger charge is 2.49. The smallest absolute Gasteiger partial charge is 0.462 e. The first-order valence-electron chi connectivity index (χ1n) is 23.7. The van der Waals surface area contributed by atoms with Crippen LogP contribution in [-0.2, 0) is 32.7 Å². The molecule has 17 heteroatoms. The third kappa shape index (κ3) is 23.4. The van der Waals surface area contributed by atoms with E-state index in [0.717, 1.165) is 57.8 Å². The molecule has 1 fully saturated rings. The lowest BCUT2D eigenvalue weighted by atomic mass is 9.83. The van der Waals surface area contributed by atoms with Crippen LogP contribution in [0.25, 0.3) is 0 Å². The SMILES string of the molecule is CCCCC/C=C\C/C=C\CCCCCCCC(=O)O[C@@H]1COC(=O)CCC/C=C/C[C@@H]2[C@@H](O)[C@H](O)[C@@H](O)[C@H](OP(=O)(O)OC1)[C@H](O)[C@H](O)[C@@H](/C=C/[C@@H](O)CCCCC)[C@H](O)C[C@@H]2O. The number of carbonyl (C=O) groups is 2. The molecule has 64 heavy (non-hydrogen) atoms. The average Bonchev–Trinajstić information content (AvgIpc) is 3.26. The van der Waals surface area contributed by atoms with Gasteiger partial charge in [0.05, 0.1) is 37.1 Å². The Kier molecular flexibility index (Phi) is 30.0. The van der Waals surface area contributed by atoms with Gasteiger partial charge in [0.2, 0.25) is 0 Å². The van der Waals surface area contributed by atoms with E-state index in [0.29, 0.717) is 32.1 Å². The number of carbonyl (C=O) groups excluding carboxylic acids is 2. The monoisotopic (exact) mass is 933 g/mol. The third-order valence-corrected chi connectivity index (χ3v) is 12.7. The van der Waals surface area contributed by atoms with E-state index in [-0.39, 0.29) is 19.3 Å². The van der Waals surface area contributed by atoms with E-state index in [1.54, 1.807) is 12.2 Å². The molecule has 1 saturated carbocycles. The normalized spacial score (nSPS) is 33.1. The van der Waals surface area contributed by atoms with Gasteiger partial charge in [0.15, 0.2) is 6.10 Å². The molecule has 9 N–H and O–H groups in total. The molecule has 0 radical (unpaired) electrons. The number of phosphoric ester groups is 1. The Morgan fingerprint density at radius 1 is 0.797 bits per heavy atom. The second-order valence-corrected chi connectivity index (χ2v) is 18.6. The van der Waals surface area contributed by atoms with Crippen LogP contribution in [0.2, 0.25) is 0 Å². The number of unbranched alkanes of at least 4 members (excludes halogenated alkanes) is 10. The van der Waals surface area contributed by atoms with Crippen molar-refractivity contribution in [3.63, 3.8) is 0 Å². The van der Waals surface area contributed by atoms with Gasteiger partial charge >= 0.3 is 19.8 Å². The molecule has 13 atom stereocenters. The number of esters is 2. The fraction of sp³-hybridized carbons (Fsp3) is 0.787. The highest BCUT2D eigenvalue weighted by Crippen LogP contribution is 2.47. The van der Waals surface area contributed by atoms with Gasteiger partial charge in [-0.1, -0.05) is 114 Å². The minimum Gasteiger partial charge on any atom is -0.462 e. The summed E-state index contributed by atoms with van der Waals surface area (Å²) in [5.74, 6) is -4.06. The summed E-state index contributed by atoms with van der Waals surface area (Å²) in [5.41, 5.74) is 0. The summed E-state index contributed by atoms with van der Waals surface area (Å²) in [6.45, 7) is 2.78. The lowest BCUT2D eigenvalue weighted by Gasteiger charge is -2.37. The highest BCUT2D eigenvalue weighted by molar-refractivity contribution is 7.47. The number of ether oxygens (including phenoxy) is 2. The van der Waals surface area contributed by atoms with Crippen LogP contribution in [0.3, 0.4) is 0 Å². The summed E-state index contributed by atoms with van der Waals surface area (Å²) in [4.78, 5) is 36.4. The first-order chi connectivity index (χ1) is 30.6. The van der Waals surface area contributed by atoms with Crippen molar-refractivity contribution in [1.82, 2.24) is 0 Å².